The van der Waals surface area contributed by atoms with Crippen molar-refractivity contribution in [3.63, 3.8) is 0 Å². The predicted molar refractivity (Wildman–Crippen MR) is 65.5 cm³/mol. The van der Waals surface area contributed by atoms with E-state index in [9.17, 15) is 0 Å². The maximum atomic E-state index is 8.94. The van der Waals surface area contributed by atoms with E-state index < -0.39 is 0 Å². The molecule has 0 aliphatic rings. The third-order valence-electron chi connectivity index (χ3n) is 2.16. The maximum absolute atomic E-state index is 8.94. The zero-order chi connectivity index (χ0) is 12.1. The van der Waals surface area contributed by atoms with Gasteiger partial charge in [0.25, 0.3) is 0 Å². The SMILES string of the molecule is N#Cc1ccc(Cl)cc1NCc1ncccn1. The smallest absolute Gasteiger partial charge is 0.147 e. The number of halogens is 1. The van der Waals surface area contributed by atoms with Crippen LogP contribution in [0.3, 0.4) is 0 Å². The van der Waals surface area contributed by atoms with Crippen molar-refractivity contribution < 1.29 is 0 Å². The van der Waals surface area contributed by atoms with Crippen molar-refractivity contribution in [3.8, 4) is 6.07 Å². The Morgan fingerprint density at radius 2 is 2.06 bits per heavy atom. The number of rotatable bonds is 3. The van der Waals surface area contributed by atoms with Gasteiger partial charge in [-0.3, -0.25) is 0 Å². The molecule has 5 heteroatoms. The molecule has 0 atom stereocenters. The summed E-state index contributed by atoms with van der Waals surface area (Å²) in [7, 11) is 0. The lowest BCUT2D eigenvalue weighted by atomic mass is 10.2. The second-order valence-electron chi connectivity index (χ2n) is 3.32. The Morgan fingerprint density at radius 1 is 1.29 bits per heavy atom. The molecule has 0 radical (unpaired) electrons. The molecule has 0 spiro atoms. The molecule has 1 N–H and O–H groups in total. The van der Waals surface area contributed by atoms with Crippen molar-refractivity contribution in [3.05, 3.63) is 53.1 Å². The number of benzene rings is 1. The van der Waals surface area contributed by atoms with E-state index in [1.165, 1.54) is 0 Å². The lowest BCUT2D eigenvalue weighted by Crippen LogP contribution is -2.04. The topological polar surface area (TPSA) is 61.6 Å². The standard InChI is InChI=1S/C12H9ClN4/c13-10-3-2-9(7-14)11(6-10)17-8-12-15-4-1-5-16-12/h1-6,17H,8H2. The van der Waals surface area contributed by atoms with E-state index in [0.717, 1.165) is 0 Å². The molecule has 1 aromatic carbocycles. The first-order chi connectivity index (χ1) is 8.29. The number of nitrogens with one attached hydrogen (secondary N) is 1. The molecule has 0 amide bonds. The second-order valence-corrected chi connectivity index (χ2v) is 3.76. The molecule has 2 rings (SSSR count). The van der Waals surface area contributed by atoms with Crippen LogP contribution in [0.5, 0.6) is 0 Å². The molecule has 0 aliphatic carbocycles. The van der Waals surface area contributed by atoms with E-state index in [4.69, 9.17) is 16.9 Å². The molecule has 2 aromatic rings. The third kappa shape index (κ3) is 2.92. The Hall–Kier alpha value is -2.12. The van der Waals surface area contributed by atoms with E-state index in [1.54, 1.807) is 36.7 Å². The summed E-state index contributed by atoms with van der Waals surface area (Å²) in [5.74, 6) is 0.663. The Balaban J connectivity index is 2.14. The third-order valence-corrected chi connectivity index (χ3v) is 2.39. The zero-order valence-corrected chi connectivity index (χ0v) is 9.65. The van der Waals surface area contributed by atoms with Crippen LogP contribution in [0.15, 0.2) is 36.7 Å². The average Bonchev–Trinajstić information content (AvgIpc) is 2.38. The predicted octanol–water partition coefficient (Wildman–Crippen LogP) is 2.61. The van der Waals surface area contributed by atoms with Crippen LogP contribution in [0.4, 0.5) is 5.69 Å². The fraction of sp³-hybridized carbons (Fsp3) is 0.0833. The highest BCUT2D eigenvalue weighted by Crippen LogP contribution is 2.20. The summed E-state index contributed by atoms with van der Waals surface area (Å²) in [6.07, 6.45) is 3.35. The van der Waals surface area contributed by atoms with Crippen LogP contribution >= 0.6 is 11.6 Å². The first kappa shape index (κ1) is 11.4. The molecule has 4 nitrogen and oxygen atoms in total. The van der Waals surface area contributed by atoms with E-state index in [-0.39, 0.29) is 0 Å². The Kier molecular flexibility index (Phi) is 3.53. The van der Waals surface area contributed by atoms with Crippen LogP contribution in [0.1, 0.15) is 11.4 Å². The van der Waals surface area contributed by atoms with Crippen molar-refractivity contribution in [2.24, 2.45) is 0 Å². The molecule has 84 valence electrons. The van der Waals surface area contributed by atoms with Gasteiger partial charge in [0.05, 0.1) is 17.8 Å². The van der Waals surface area contributed by atoms with E-state index in [1.807, 2.05) is 0 Å². The van der Waals surface area contributed by atoms with E-state index >= 15 is 0 Å². The molecule has 0 aliphatic heterocycles. The number of nitrogens with zero attached hydrogens (tertiary/aromatic N) is 3. The van der Waals surface area contributed by atoms with Gasteiger partial charge in [0.2, 0.25) is 0 Å². The molecule has 0 bridgehead atoms. The highest BCUT2D eigenvalue weighted by Gasteiger charge is 2.03. The summed E-state index contributed by atoms with van der Waals surface area (Å²) in [6.45, 7) is 0.454. The minimum atomic E-state index is 0.454. The van der Waals surface area contributed by atoms with Gasteiger partial charge in [-0.1, -0.05) is 11.6 Å². The maximum Gasteiger partial charge on any atom is 0.147 e. The fourth-order valence-electron chi connectivity index (χ4n) is 1.36. The Bertz CT molecular complexity index is 548. The lowest BCUT2D eigenvalue weighted by molar-refractivity contribution is 0.948. The van der Waals surface area contributed by atoms with Gasteiger partial charge in [-0.25, -0.2) is 9.97 Å². The van der Waals surface area contributed by atoms with Gasteiger partial charge in [0.15, 0.2) is 0 Å². The fourth-order valence-corrected chi connectivity index (χ4v) is 1.53. The quantitative estimate of drug-likeness (QED) is 0.902. The highest BCUT2D eigenvalue weighted by atomic mass is 35.5. The van der Waals surface area contributed by atoms with Crippen LogP contribution in [0, 0.1) is 11.3 Å². The summed E-state index contributed by atoms with van der Waals surface area (Å²) < 4.78 is 0. The number of hydrogen-bond donors (Lipinski definition) is 1. The van der Waals surface area contributed by atoms with Gasteiger partial charge in [-0.15, -0.1) is 0 Å². The van der Waals surface area contributed by atoms with Crippen molar-refractivity contribution in [1.29, 1.82) is 5.26 Å². The van der Waals surface area contributed by atoms with E-state index in [0.29, 0.717) is 28.6 Å². The van der Waals surface area contributed by atoms with Crippen molar-refractivity contribution >= 4 is 17.3 Å². The molecule has 1 aromatic heterocycles. The van der Waals surface area contributed by atoms with Crippen LogP contribution in [0.25, 0.3) is 0 Å². The van der Waals surface area contributed by atoms with Gasteiger partial charge < -0.3 is 5.32 Å². The van der Waals surface area contributed by atoms with Crippen LogP contribution in [0.2, 0.25) is 5.02 Å². The minimum absolute atomic E-state index is 0.454. The Labute approximate surface area is 104 Å². The van der Waals surface area contributed by atoms with Crippen molar-refractivity contribution in [1.82, 2.24) is 9.97 Å². The van der Waals surface area contributed by atoms with Crippen LogP contribution in [-0.4, -0.2) is 9.97 Å². The number of aromatic nitrogens is 2. The number of hydrogen-bond acceptors (Lipinski definition) is 4. The molecule has 0 unspecified atom stereocenters. The van der Waals surface area contributed by atoms with Gasteiger partial charge in [0, 0.05) is 17.4 Å². The molecule has 0 fully saturated rings. The van der Waals surface area contributed by atoms with Crippen molar-refractivity contribution in [2.75, 3.05) is 5.32 Å². The largest absolute Gasteiger partial charge is 0.377 e. The first-order valence-corrected chi connectivity index (χ1v) is 5.37. The number of anilines is 1. The zero-order valence-electron chi connectivity index (χ0n) is 8.89. The summed E-state index contributed by atoms with van der Waals surface area (Å²) >= 11 is 5.87. The highest BCUT2D eigenvalue weighted by molar-refractivity contribution is 6.30. The van der Waals surface area contributed by atoms with E-state index in [2.05, 4.69) is 21.4 Å². The van der Waals surface area contributed by atoms with Crippen LogP contribution < -0.4 is 5.32 Å². The van der Waals surface area contributed by atoms with Gasteiger partial charge in [0.1, 0.15) is 11.9 Å². The molecule has 1 heterocycles. The van der Waals surface area contributed by atoms with Crippen molar-refractivity contribution in [2.45, 2.75) is 6.54 Å². The van der Waals surface area contributed by atoms with Crippen LogP contribution in [-0.2, 0) is 6.54 Å². The second kappa shape index (κ2) is 5.28. The van der Waals surface area contributed by atoms with Gasteiger partial charge >= 0.3 is 0 Å². The molecular weight excluding hydrogens is 236 g/mol. The summed E-state index contributed by atoms with van der Waals surface area (Å²) in [4.78, 5) is 8.16. The minimum Gasteiger partial charge on any atom is -0.377 e. The molecule has 0 saturated carbocycles. The summed E-state index contributed by atoms with van der Waals surface area (Å²) in [6, 6.07) is 8.92. The Morgan fingerprint density at radius 3 is 2.76 bits per heavy atom. The first-order valence-electron chi connectivity index (χ1n) is 4.99. The molecule has 0 saturated heterocycles. The molecular formula is C12H9ClN4. The van der Waals surface area contributed by atoms with Gasteiger partial charge in [-0.05, 0) is 24.3 Å². The summed E-state index contributed by atoms with van der Waals surface area (Å²) in [5.41, 5.74) is 1.23. The van der Waals surface area contributed by atoms with Gasteiger partial charge in [-0.2, -0.15) is 5.26 Å². The monoisotopic (exact) mass is 244 g/mol. The molecule has 17 heavy (non-hydrogen) atoms. The average molecular weight is 245 g/mol. The summed E-state index contributed by atoms with van der Waals surface area (Å²) in [5, 5.41) is 12.6. The number of nitriles is 1. The lowest BCUT2D eigenvalue weighted by Gasteiger charge is -2.07. The normalized spacial score (nSPS) is 9.65.